The van der Waals surface area contributed by atoms with Crippen LogP contribution in [-0.2, 0) is 28.5 Å². The summed E-state index contributed by atoms with van der Waals surface area (Å²) in [5, 5.41) is 11.3. The highest BCUT2D eigenvalue weighted by molar-refractivity contribution is 6.04. The Bertz CT molecular complexity index is 876. The van der Waals surface area contributed by atoms with Crippen LogP contribution in [0.2, 0.25) is 0 Å². The number of carbonyl (C=O) groups is 2. The van der Waals surface area contributed by atoms with Crippen molar-refractivity contribution in [2.75, 3.05) is 41.4 Å². The number of aliphatic hydroxyl groups is 1. The Balaban J connectivity index is 1.99. The lowest BCUT2D eigenvalue weighted by Crippen LogP contribution is -2.59. The minimum atomic E-state index is -1.38. The van der Waals surface area contributed by atoms with E-state index in [9.17, 15) is 14.7 Å². The molecule has 2 heterocycles. The smallest absolute Gasteiger partial charge is 0.319 e. The average Bonchev–Trinajstić information content (AvgIpc) is 2.92. The van der Waals surface area contributed by atoms with E-state index in [1.54, 1.807) is 27.9 Å². The molecule has 0 aromatic heterocycles. The summed E-state index contributed by atoms with van der Waals surface area (Å²) in [6.07, 6.45) is 4.42. The Labute approximate surface area is 248 Å². The third-order valence-electron chi connectivity index (χ3n) is 10.1. The van der Waals surface area contributed by atoms with Crippen LogP contribution in [0.25, 0.3) is 0 Å². The number of ketones is 1. The lowest BCUT2D eigenvalue weighted by Gasteiger charge is -2.47. The summed E-state index contributed by atoms with van der Waals surface area (Å²) in [5.41, 5.74) is -2.27. The molecule has 238 valence electrons. The van der Waals surface area contributed by atoms with Crippen molar-refractivity contribution in [3.05, 3.63) is 0 Å². The van der Waals surface area contributed by atoms with Crippen molar-refractivity contribution < 1.29 is 33.6 Å². The third-order valence-corrected chi connectivity index (χ3v) is 10.1. The zero-order chi connectivity index (χ0) is 30.7. The van der Waals surface area contributed by atoms with E-state index in [-0.39, 0.29) is 36.5 Å². The van der Waals surface area contributed by atoms with Crippen LogP contribution < -0.4 is 0 Å². The van der Waals surface area contributed by atoms with Crippen LogP contribution in [0, 0.1) is 23.2 Å². The van der Waals surface area contributed by atoms with E-state index in [0.29, 0.717) is 18.8 Å². The van der Waals surface area contributed by atoms with Gasteiger partial charge in [0.1, 0.15) is 18.1 Å². The second-order valence-electron chi connectivity index (χ2n) is 14.2. The van der Waals surface area contributed by atoms with Crippen LogP contribution in [0.5, 0.6) is 0 Å². The van der Waals surface area contributed by atoms with Gasteiger partial charge >= 0.3 is 5.97 Å². The van der Waals surface area contributed by atoms with Gasteiger partial charge in [-0.1, -0.05) is 33.1 Å². The number of rotatable bonds is 5. The zero-order valence-electron chi connectivity index (χ0n) is 27.4. The largest absolute Gasteiger partial charge is 0.463 e. The molecule has 0 aromatic rings. The number of carbonyl (C=O) groups excluding carboxylic acids is 2. The van der Waals surface area contributed by atoms with E-state index in [0.717, 1.165) is 19.4 Å². The van der Waals surface area contributed by atoms with Gasteiger partial charge in [-0.15, -0.1) is 0 Å². The van der Waals surface area contributed by atoms with Crippen LogP contribution in [0.1, 0.15) is 86.5 Å². The molecule has 3 fully saturated rings. The first-order valence-electron chi connectivity index (χ1n) is 15.7. The first-order chi connectivity index (χ1) is 19.1. The first-order valence-corrected chi connectivity index (χ1v) is 15.7. The number of ether oxygens (including phenoxy) is 4. The standard InChI is InChI=1S/C32H58N2O7/c1-20-17-32(6,38-10)28(41-29-26(35)24(33(7)8)16-21(2)40-29)22(3)27(36)31(4,5)30(37)39-19-25(34(9)18-20)23-14-12-11-13-15-23/h20-26,28-29,35H,11-19H2,1-10H3/t20-,21-,22+,24+,25?,26-,28-,29+,32-/m1/s1. The van der Waals surface area contributed by atoms with Crippen molar-refractivity contribution in [2.24, 2.45) is 23.2 Å². The summed E-state index contributed by atoms with van der Waals surface area (Å²) in [5.74, 6) is -0.859. The molecule has 1 saturated carbocycles. The fourth-order valence-electron chi connectivity index (χ4n) is 7.58. The first kappa shape index (κ1) is 34.4. The van der Waals surface area contributed by atoms with Gasteiger partial charge in [0.15, 0.2) is 12.1 Å². The van der Waals surface area contributed by atoms with Gasteiger partial charge in [-0.05, 0) is 86.4 Å². The van der Waals surface area contributed by atoms with Gasteiger partial charge in [0, 0.05) is 31.7 Å². The molecular weight excluding hydrogens is 524 g/mol. The minimum Gasteiger partial charge on any atom is -0.463 e. The Morgan fingerprint density at radius 3 is 2.27 bits per heavy atom. The van der Waals surface area contributed by atoms with Gasteiger partial charge in [0.25, 0.3) is 0 Å². The fourth-order valence-corrected chi connectivity index (χ4v) is 7.58. The van der Waals surface area contributed by atoms with Gasteiger partial charge in [-0.3, -0.25) is 14.5 Å². The highest BCUT2D eigenvalue weighted by Crippen LogP contribution is 2.39. The predicted octanol–water partition coefficient (Wildman–Crippen LogP) is 3.90. The average molecular weight is 583 g/mol. The van der Waals surface area contributed by atoms with E-state index in [2.05, 4.69) is 18.9 Å². The van der Waals surface area contributed by atoms with Gasteiger partial charge < -0.3 is 29.0 Å². The third kappa shape index (κ3) is 7.90. The molecule has 1 N–H and O–H groups in total. The molecule has 9 nitrogen and oxygen atoms in total. The molecule has 3 rings (SSSR count). The molecule has 1 aliphatic carbocycles. The summed E-state index contributed by atoms with van der Waals surface area (Å²) in [4.78, 5) is 32.0. The molecule has 0 aromatic carbocycles. The number of aliphatic hydroxyl groups excluding tert-OH is 1. The van der Waals surface area contributed by atoms with E-state index < -0.39 is 41.4 Å². The molecule has 0 bridgehead atoms. The number of Topliss-reactive ketones (excluding diaryl/α,β-unsaturated/α-hetero) is 1. The Morgan fingerprint density at radius 1 is 1.05 bits per heavy atom. The van der Waals surface area contributed by atoms with Crippen molar-refractivity contribution in [1.29, 1.82) is 0 Å². The number of hydrogen-bond acceptors (Lipinski definition) is 9. The summed E-state index contributed by atoms with van der Waals surface area (Å²) in [7, 11) is 7.63. The van der Waals surface area contributed by atoms with Crippen molar-refractivity contribution in [3.63, 3.8) is 0 Å². The monoisotopic (exact) mass is 582 g/mol. The van der Waals surface area contributed by atoms with Gasteiger partial charge in [-0.25, -0.2) is 0 Å². The molecule has 9 atom stereocenters. The SMILES string of the molecule is CO[C@]1(C)C[C@@H](C)CN(C)C(C2CCCCC2)COC(=O)C(C)(C)C(=O)[C@H](C)[C@H]1O[C@@H]1O[C@H](C)C[C@H](N(C)C)[C@H]1O. The predicted molar refractivity (Wildman–Crippen MR) is 158 cm³/mol. The fraction of sp³-hybridized carbons (Fsp3) is 0.938. The number of likely N-dealkylation sites (N-methyl/N-ethyl adjacent to an activating group) is 2. The second-order valence-corrected chi connectivity index (χ2v) is 14.2. The molecule has 0 radical (unpaired) electrons. The lowest BCUT2D eigenvalue weighted by molar-refractivity contribution is -0.295. The second kappa shape index (κ2) is 14.1. The molecule has 41 heavy (non-hydrogen) atoms. The highest BCUT2D eigenvalue weighted by atomic mass is 16.7. The van der Waals surface area contributed by atoms with E-state index in [1.807, 2.05) is 32.8 Å². The van der Waals surface area contributed by atoms with Crippen LogP contribution in [0.3, 0.4) is 0 Å². The zero-order valence-corrected chi connectivity index (χ0v) is 27.4. The molecule has 1 unspecified atom stereocenters. The molecule has 3 aliphatic rings. The van der Waals surface area contributed by atoms with Crippen molar-refractivity contribution in [2.45, 2.75) is 129 Å². The quantitative estimate of drug-likeness (QED) is 0.382. The number of esters is 1. The lowest BCUT2D eigenvalue weighted by atomic mass is 9.74. The van der Waals surface area contributed by atoms with Gasteiger partial charge in [0.2, 0.25) is 0 Å². The van der Waals surface area contributed by atoms with E-state index in [4.69, 9.17) is 18.9 Å². The van der Waals surface area contributed by atoms with Crippen LogP contribution in [0.15, 0.2) is 0 Å². The molecule has 0 spiro atoms. The van der Waals surface area contributed by atoms with Crippen LogP contribution in [-0.4, -0.2) is 110 Å². The maximum atomic E-state index is 14.1. The molecule has 9 heteroatoms. The summed E-state index contributed by atoms with van der Waals surface area (Å²) >= 11 is 0. The van der Waals surface area contributed by atoms with Crippen molar-refractivity contribution in [1.82, 2.24) is 9.80 Å². The van der Waals surface area contributed by atoms with Crippen molar-refractivity contribution in [3.8, 4) is 0 Å². The van der Waals surface area contributed by atoms with Crippen molar-refractivity contribution >= 4 is 11.8 Å². The Hall–Kier alpha value is -1.10. The van der Waals surface area contributed by atoms with Gasteiger partial charge in [-0.2, -0.15) is 0 Å². The normalized spacial score (nSPS) is 40.9. The number of cyclic esters (lactones) is 1. The number of nitrogens with zero attached hydrogens (tertiary/aromatic N) is 2. The minimum absolute atomic E-state index is 0.0990. The summed E-state index contributed by atoms with van der Waals surface area (Å²) in [6.45, 7) is 12.3. The Kier molecular flexibility index (Phi) is 11.8. The van der Waals surface area contributed by atoms with Crippen LogP contribution in [0.4, 0.5) is 0 Å². The van der Waals surface area contributed by atoms with E-state index >= 15 is 0 Å². The Morgan fingerprint density at radius 2 is 1.68 bits per heavy atom. The summed E-state index contributed by atoms with van der Waals surface area (Å²) < 4.78 is 24.9. The topological polar surface area (TPSA) is 97.8 Å². The summed E-state index contributed by atoms with van der Waals surface area (Å²) in [6, 6.07) is -0.0594. The number of methoxy groups -OCH3 is 1. The molecule has 0 amide bonds. The number of hydrogen-bond donors (Lipinski definition) is 1. The highest BCUT2D eigenvalue weighted by Gasteiger charge is 2.51. The van der Waals surface area contributed by atoms with E-state index in [1.165, 1.54) is 19.3 Å². The van der Waals surface area contributed by atoms with Gasteiger partial charge in [0.05, 0.1) is 17.8 Å². The molecule has 2 saturated heterocycles. The maximum Gasteiger partial charge on any atom is 0.319 e. The molecule has 2 aliphatic heterocycles. The molecular formula is C32H58N2O7. The van der Waals surface area contributed by atoms with Crippen LogP contribution >= 0.6 is 0 Å². The maximum absolute atomic E-state index is 14.1.